The van der Waals surface area contributed by atoms with E-state index in [2.05, 4.69) is 40.0 Å². The quantitative estimate of drug-likeness (QED) is 0.121. The number of hydrogen-bond acceptors (Lipinski definition) is 8. The maximum Gasteiger partial charge on any atom is 0.477 e. The predicted molar refractivity (Wildman–Crippen MR) is 217 cm³/mol. The van der Waals surface area contributed by atoms with E-state index >= 15 is 0 Å². The number of anilines is 1. The summed E-state index contributed by atoms with van der Waals surface area (Å²) in [6.45, 7) is 14.6. The molecule has 3 aromatic carbocycles. The van der Waals surface area contributed by atoms with Gasteiger partial charge in [-0.3, -0.25) is 18.4 Å². The van der Waals surface area contributed by atoms with Gasteiger partial charge < -0.3 is 15.4 Å². The number of carbonyl (C=O) groups is 2. The Morgan fingerprint density at radius 3 is 1.88 bits per heavy atom. The molecule has 0 bridgehead atoms. The molecule has 1 heterocycles. The minimum absolute atomic E-state index is 0.0611. The third kappa shape index (κ3) is 9.29. The molecular formula is C44H55N4O7P. The van der Waals surface area contributed by atoms with E-state index in [9.17, 15) is 14.2 Å². The van der Waals surface area contributed by atoms with Gasteiger partial charge in [0.2, 0.25) is 5.91 Å². The van der Waals surface area contributed by atoms with Gasteiger partial charge in [-0.05, 0) is 139 Å². The van der Waals surface area contributed by atoms with Gasteiger partial charge in [-0.1, -0.05) is 60.7 Å². The fourth-order valence-corrected chi connectivity index (χ4v) is 9.78. The third-order valence-electron chi connectivity index (χ3n) is 10.5. The van der Waals surface area contributed by atoms with E-state index in [0.29, 0.717) is 17.5 Å². The van der Waals surface area contributed by atoms with Crippen molar-refractivity contribution in [3.8, 4) is 22.3 Å². The molecule has 7 rings (SSSR count). The van der Waals surface area contributed by atoms with Gasteiger partial charge in [-0.25, -0.2) is 14.0 Å². The average Bonchev–Trinajstić information content (AvgIpc) is 4.06. The number of hydrogen-bond donors (Lipinski definition) is 2. The second-order valence-electron chi connectivity index (χ2n) is 17.4. The summed E-state index contributed by atoms with van der Waals surface area (Å²) < 4.78 is 38.6. The molecule has 12 heteroatoms. The van der Waals surface area contributed by atoms with Crippen LogP contribution in [-0.2, 0) is 34.4 Å². The lowest BCUT2D eigenvalue weighted by Gasteiger charge is -2.30. The molecule has 298 valence electrons. The standard InChI is InChI=1S/C44H55N4O7P/c1-27-38(28(2)48(47-27)26-53-56(51,54-43(3,4)5)55-44(6,7)8)29-21-23-32(24-22-29)45-41(49)40(39(30-17-18-30)31-19-20-31)46-42(50)52-25-37-35-15-11-9-13-33(35)34-14-10-12-16-36(34)37/h9-16,21-24,30-31,37,39-40H,17-20,25-26H2,1-8H3,(H,45,49)(H,46,50)/t40-/m0/s1. The number of aryl methyl sites for hydroxylation is 1. The molecule has 4 aromatic rings. The number of amides is 2. The predicted octanol–water partition coefficient (Wildman–Crippen LogP) is 10.2. The summed E-state index contributed by atoms with van der Waals surface area (Å²) in [7, 11) is -3.94. The van der Waals surface area contributed by atoms with Crippen LogP contribution in [0.2, 0.25) is 0 Å². The molecule has 3 aliphatic rings. The van der Waals surface area contributed by atoms with Crippen molar-refractivity contribution >= 4 is 25.5 Å². The van der Waals surface area contributed by atoms with Crippen molar-refractivity contribution in [2.75, 3.05) is 11.9 Å². The molecule has 2 amide bonds. The zero-order valence-electron chi connectivity index (χ0n) is 33.8. The highest BCUT2D eigenvalue weighted by Gasteiger charge is 2.48. The summed E-state index contributed by atoms with van der Waals surface area (Å²) in [6, 6.07) is 23.3. The zero-order valence-corrected chi connectivity index (χ0v) is 34.7. The molecule has 1 atom stereocenters. The lowest BCUT2D eigenvalue weighted by molar-refractivity contribution is -0.119. The van der Waals surface area contributed by atoms with Gasteiger partial charge >= 0.3 is 13.9 Å². The summed E-state index contributed by atoms with van der Waals surface area (Å²) >= 11 is 0. The molecular weight excluding hydrogens is 727 g/mol. The van der Waals surface area contributed by atoms with Gasteiger partial charge in [0.05, 0.1) is 16.9 Å². The second kappa shape index (κ2) is 15.6. The highest BCUT2D eigenvalue weighted by molar-refractivity contribution is 7.48. The van der Waals surface area contributed by atoms with Crippen LogP contribution in [0, 0.1) is 31.6 Å². The van der Waals surface area contributed by atoms with Gasteiger partial charge in [0.25, 0.3) is 0 Å². The number of benzene rings is 3. The number of aromatic nitrogens is 2. The Bertz CT molecular complexity index is 2050. The second-order valence-corrected chi connectivity index (χ2v) is 18.9. The molecule has 2 N–H and O–H groups in total. The summed E-state index contributed by atoms with van der Waals surface area (Å²) in [5.74, 6) is 0.572. The van der Waals surface area contributed by atoms with Crippen LogP contribution in [0.3, 0.4) is 0 Å². The van der Waals surface area contributed by atoms with Crippen molar-refractivity contribution in [1.29, 1.82) is 0 Å². The average molecular weight is 783 g/mol. The minimum Gasteiger partial charge on any atom is -0.449 e. The molecule has 56 heavy (non-hydrogen) atoms. The Hall–Kier alpha value is -4.28. The van der Waals surface area contributed by atoms with Crippen LogP contribution in [0.15, 0.2) is 72.8 Å². The Morgan fingerprint density at radius 1 is 0.821 bits per heavy atom. The first-order valence-corrected chi connectivity index (χ1v) is 21.2. The monoisotopic (exact) mass is 782 g/mol. The maximum atomic E-state index is 14.1. The number of rotatable bonds is 14. The fourth-order valence-electron chi connectivity index (χ4n) is 8.04. The van der Waals surface area contributed by atoms with Crippen LogP contribution < -0.4 is 10.6 Å². The fraction of sp³-hybridized carbons (Fsp3) is 0.477. The van der Waals surface area contributed by atoms with Gasteiger partial charge in [-0.2, -0.15) is 5.10 Å². The van der Waals surface area contributed by atoms with Crippen molar-refractivity contribution in [3.05, 3.63) is 95.3 Å². The number of nitrogens with zero attached hydrogens (tertiary/aromatic N) is 2. The highest BCUT2D eigenvalue weighted by atomic mass is 31.2. The maximum absolute atomic E-state index is 14.1. The molecule has 2 saturated carbocycles. The number of ether oxygens (including phenoxy) is 1. The lowest BCUT2D eigenvalue weighted by Crippen LogP contribution is -2.50. The van der Waals surface area contributed by atoms with Crippen molar-refractivity contribution in [1.82, 2.24) is 15.1 Å². The van der Waals surface area contributed by atoms with Crippen LogP contribution in [0.4, 0.5) is 10.5 Å². The number of alkyl carbamates (subject to hydrolysis) is 1. The molecule has 0 radical (unpaired) electrons. The Labute approximate surface area is 330 Å². The molecule has 11 nitrogen and oxygen atoms in total. The number of fused-ring (bicyclic) bond motifs is 3. The molecule has 0 unspecified atom stereocenters. The minimum atomic E-state index is -3.94. The van der Waals surface area contributed by atoms with Crippen molar-refractivity contribution in [2.45, 2.75) is 111 Å². The van der Waals surface area contributed by atoms with Gasteiger partial charge in [0.15, 0.2) is 6.73 Å². The van der Waals surface area contributed by atoms with Gasteiger partial charge in [0, 0.05) is 22.9 Å². The van der Waals surface area contributed by atoms with Crippen molar-refractivity contribution in [2.24, 2.45) is 17.8 Å². The molecule has 1 aromatic heterocycles. The van der Waals surface area contributed by atoms with Crippen LogP contribution in [0.1, 0.15) is 95.7 Å². The Morgan fingerprint density at radius 2 is 1.36 bits per heavy atom. The van der Waals surface area contributed by atoms with E-state index in [0.717, 1.165) is 70.5 Å². The number of carbonyl (C=O) groups excluding carboxylic acids is 2. The van der Waals surface area contributed by atoms with Gasteiger partial charge in [0.1, 0.15) is 12.6 Å². The molecule has 3 aliphatic carbocycles. The zero-order chi connectivity index (χ0) is 40.0. The van der Waals surface area contributed by atoms with Gasteiger partial charge in [-0.15, -0.1) is 0 Å². The van der Waals surface area contributed by atoms with E-state index in [4.69, 9.17) is 18.3 Å². The number of phosphoric acid groups is 1. The van der Waals surface area contributed by atoms with Crippen LogP contribution >= 0.6 is 7.82 Å². The van der Waals surface area contributed by atoms with Crippen LogP contribution in [-0.4, -0.2) is 45.6 Å². The smallest absolute Gasteiger partial charge is 0.449 e. The Balaban J connectivity index is 1.03. The number of phosphoric ester groups is 1. The topological polar surface area (TPSA) is 130 Å². The lowest BCUT2D eigenvalue weighted by atomic mass is 9.88. The molecule has 2 fully saturated rings. The normalized spacial score (nSPS) is 16.4. The SMILES string of the molecule is Cc1nn(COP(=O)(OC(C)(C)C)OC(C)(C)C)c(C)c1-c1ccc(NC(=O)[C@@H](NC(=O)OCC2c3ccccc3-c3ccccc32)C(C2CC2)C2CC2)cc1. The van der Waals surface area contributed by atoms with Crippen molar-refractivity contribution < 1.29 is 32.5 Å². The first-order chi connectivity index (χ1) is 26.5. The summed E-state index contributed by atoms with van der Waals surface area (Å²) in [5, 5.41) is 10.8. The first-order valence-electron chi connectivity index (χ1n) is 19.7. The summed E-state index contributed by atoms with van der Waals surface area (Å²) in [6.07, 6.45) is 3.68. The van der Waals surface area contributed by atoms with Crippen LogP contribution in [0.5, 0.6) is 0 Å². The molecule has 0 saturated heterocycles. The van der Waals surface area contributed by atoms with E-state index in [-0.39, 0.29) is 31.1 Å². The summed E-state index contributed by atoms with van der Waals surface area (Å²) in [4.78, 5) is 27.6. The summed E-state index contributed by atoms with van der Waals surface area (Å²) in [5.41, 5.74) is 7.06. The molecule has 0 spiro atoms. The van der Waals surface area contributed by atoms with E-state index < -0.39 is 31.2 Å². The van der Waals surface area contributed by atoms with Crippen molar-refractivity contribution in [3.63, 3.8) is 0 Å². The third-order valence-corrected chi connectivity index (χ3v) is 12.5. The van der Waals surface area contributed by atoms with E-state index in [1.54, 1.807) is 46.2 Å². The number of nitrogens with one attached hydrogen (secondary N) is 2. The first kappa shape index (κ1) is 39.9. The molecule has 0 aliphatic heterocycles. The van der Waals surface area contributed by atoms with Crippen LogP contribution in [0.25, 0.3) is 22.3 Å². The van der Waals surface area contributed by atoms with E-state index in [1.807, 2.05) is 62.4 Å². The highest BCUT2D eigenvalue weighted by Crippen LogP contribution is 2.56. The largest absolute Gasteiger partial charge is 0.477 e. The van der Waals surface area contributed by atoms with E-state index in [1.165, 1.54) is 0 Å². The Kier molecular flexibility index (Phi) is 11.1.